The summed E-state index contributed by atoms with van der Waals surface area (Å²) in [5.74, 6) is 0.417. The van der Waals surface area contributed by atoms with Crippen molar-refractivity contribution in [2.45, 2.75) is 30.8 Å². The van der Waals surface area contributed by atoms with E-state index in [1.807, 2.05) is 0 Å². The molecule has 29 heavy (non-hydrogen) atoms. The van der Waals surface area contributed by atoms with Crippen LogP contribution in [0, 0.1) is 5.92 Å². The fourth-order valence-corrected chi connectivity index (χ4v) is 4.19. The van der Waals surface area contributed by atoms with Crippen LogP contribution in [-0.4, -0.2) is 32.3 Å². The van der Waals surface area contributed by atoms with Gasteiger partial charge < -0.3 is 4.90 Å². The normalized spacial score (nSPS) is 15.9. The van der Waals surface area contributed by atoms with Crippen LogP contribution in [0.2, 0.25) is 0 Å². The van der Waals surface area contributed by atoms with Crippen LogP contribution in [0.15, 0.2) is 53.4 Å². The molecule has 156 valence electrons. The minimum absolute atomic E-state index is 0.140. The van der Waals surface area contributed by atoms with Crippen molar-refractivity contribution in [2.75, 3.05) is 17.8 Å². The van der Waals surface area contributed by atoms with Gasteiger partial charge in [-0.3, -0.25) is 9.52 Å². The SMILES string of the molecule is CC1CCN(C(=O)c2ccc(S(=O)(=O)Nc3cccc(C(F)(F)F)c3)cc2)CC1. The third-order valence-corrected chi connectivity index (χ3v) is 6.32. The Balaban J connectivity index is 1.74. The second-order valence-electron chi connectivity index (χ2n) is 7.18. The summed E-state index contributed by atoms with van der Waals surface area (Å²) in [7, 11) is -4.09. The highest BCUT2D eigenvalue weighted by Crippen LogP contribution is 2.31. The van der Waals surface area contributed by atoms with Crippen LogP contribution in [-0.2, 0) is 16.2 Å². The third-order valence-electron chi connectivity index (χ3n) is 4.92. The van der Waals surface area contributed by atoms with E-state index in [-0.39, 0.29) is 16.5 Å². The van der Waals surface area contributed by atoms with E-state index in [9.17, 15) is 26.4 Å². The average molecular weight is 426 g/mol. The molecule has 1 fully saturated rings. The number of piperidine rings is 1. The number of likely N-dealkylation sites (tertiary alicyclic amines) is 1. The fraction of sp³-hybridized carbons (Fsp3) is 0.350. The van der Waals surface area contributed by atoms with E-state index < -0.39 is 21.8 Å². The number of hydrogen-bond acceptors (Lipinski definition) is 3. The third kappa shape index (κ3) is 5.09. The molecule has 9 heteroatoms. The van der Waals surface area contributed by atoms with E-state index in [1.165, 1.54) is 30.3 Å². The number of nitrogens with zero attached hydrogens (tertiary/aromatic N) is 1. The number of anilines is 1. The fourth-order valence-electron chi connectivity index (χ4n) is 3.14. The molecule has 0 spiro atoms. The first kappa shape index (κ1) is 21.2. The van der Waals surface area contributed by atoms with Gasteiger partial charge in [0.05, 0.1) is 10.5 Å². The Morgan fingerprint density at radius 3 is 2.28 bits per heavy atom. The number of nitrogens with one attached hydrogen (secondary N) is 1. The summed E-state index contributed by atoms with van der Waals surface area (Å²) in [5.41, 5.74) is -0.769. The molecule has 1 N–H and O–H groups in total. The number of carbonyl (C=O) groups excluding carboxylic acids is 1. The predicted molar refractivity (Wildman–Crippen MR) is 103 cm³/mol. The molecule has 1 heterocycles. The summed E-state index contributed by atoms with van der Waals surface area (Å²) in [6.07, 6.45) is -2.71. The Morgan fingerprint density at radius 1 is 1.07 bits per heavy atom. The maximum atomic E-state index is 12.8. The van der Waals surface area contributed by atoms with E-state index in [0.717, 1.165) is 31.0 Å². The van der Waals surface area contributed by atoms with Crippen molar-refractivity contribution in [3.8, 4) is 0 Å². The zero-order valence-electron chi connectivity index (χ0n) is 15.7. The summed E-state index contributed by atoms with van der Waals surface area (Å²) in [5, 5.41) is 0. The minimum Gasteiger partial charge on any atom is -0.339 e. The largest absolute Gasteiger partial charge is 0.416 e. The maximum Gasteiger partial charge on any atom is 0.416 e. The number of hydrogen-bond donors (Lipinski definition) is 1. The molecule has 5 nitrogen and oxygen atoms in total. The number of benzene rings is 2. The zero-order valence-corrected chi connectivity index (χ0v) is 16.6. The van der Waals surface area contributed by atoms with Crippen molar-refractivity contribution in [2.24, 2.45) is 5.92 Å². The van der Waals surface area contributed by atoms with Crippen LogP contribution in [0.25, 0.3) is 0 Å². The van der Waals surface area contributed by atoms with Crippen LogP contribution >= 0.6 is 0 Å². The van der Waals surface area contributed by atoms with Crippen molar-refractivity contribution in [1.82, 2.24) is 4.90 Å². The van der Waals surface area contributed by atoms with E-state index in [0.29, 0.717) is 24.6 Å². The summed E-state index contributed by atoms with van der Waals surface area (Å²) < 4.78 is 65.5. The molecule has 3 rings (SSSR count). The molecule has 2 aromatic rings. The van der Waals surface area contributed by atoms with Gasteiger partial charge in [0.1, 0.15) is 0 Å². The van der Waals surface area contributed by atoms with Crippen LogP contribution in [0.1, 0.15) is 35.7 Å². The summed E-state index contributed by atoms with van der Waals surface area (Å²) >= 11 is 0. The van der Waals surface area contributed by atoms with Gasteiger partial charge in [0.2, 0.25) is 0 Å². The van der Waals surface area contributed by atoms with Crippen molar-refractivity contribution >= 4 is 21.6 Å². The molecule has 0 aliphatic carbocycles. The van der Waals surface area contributed by atoms with Gasteiger partial charge in [-0.2, -0.15) is 13.2 Å². The zero-order chi connectivity index (χ0) is 21.2. The lowest BCUT2D eigenvalue weighted by molar-refractivity contribution is -0.137. The number of alkyl halides is 3. The topological polar surface area (TPSA) is 66.5 Å². The Labute approximate surface area is 167 Å². The number of carbonyl (C=O) groups is 1. The van der Waals surface area contributed by atoms with Crippen LogP contribution in [0.3, 0.4) is 0 Å². The minimum atomic E-state index is -4.57. The van der Waals surface area contributed by atoms with Gasteiger partial charge in [0, 0.05) is 24.3 Å². The molecule has 0 atom stereocenters. The highest BCUT2D eigenvalue weighted by atomic mass is 32.2. The van der Waals surface area contributed by atoms with Gasteiger partial charge in [0.15, 0.2) is 0 Å². The highest BCUT2D eigenvalue weighted by Gasteiger charge is 2.31. The number of halogens is 3. The second-order valence-corrected chi connectivity index (χ2v) is 8.87. The number of amides is 1. The smallest absolute Gasteiger partial charge is 0.339 e. The van der Waals surface area contributed by atoms with Crippen molar-refractivity contribution in [1.29, 1.82) is 0 Å². The molecule has 1 amide bonds. The molecule has 2 aromatic carbocycles. The van der Waals surface area contributed by atoms with Crippen molar-refractivity contribution < 1.29 is 26.4 Å². The Morgan fingerprint density at radius 2 is 1.69 bits per heavy atom. The van der Waals surface area contributed by atoms with Crippen molar-refractivity contribution in [3.05, 3.63) is 59.7 Å². The molecule has 1 aliphatic rings. The maximum absolute atomic E-state index is 12.8. The lowest BCUT2D eigenvalue weighted by atomic mass is 9.98. The highest BCUT2D eigenvalue weighted by molar-refractivity contribution is 7.92. The molecular weight excluding hydrogens is 405 g/mol. The molecule has 0 unspecified atom stereocenters. The number of rotatable bonds is 4. The lowest BCUT2D eigenvalue weighted by Crippen LogP contribution is -2.37. The quantitative estimate of drug-likeness (QED) is 0.789. The molecule has 0 aromatic heterocycles. The predicted octanol–water partition coefficient (Wildman–Crippen LogP) is 4.38. The van der Waals surface area contributed by atoms with Crippen LogP contribution < -0.4 is 4.72 Å². The van der Waals surface area contributed by atoms with Gasteiger partial charge in [-0.25, -0.2) is 8.42 Å². The molecule has 1 aliphatic heterocycles. The van der Waals surface area contributed by atoms with Gasteiger partial charge in [-0.15, -0.1) is 0 Å². The van der Waals surface area contributed by atoms with Crippen LogP contribution in [0.4, 0.5) is 18.9 Å². The van der Waals surface area contributed by atoms with E-state index in [2.05, 4.69) is 11.6 Å². The first-order chi connectivity index (χ1) is 13.6. The van der Waals surface area contributed by atoms with Gasteiger partial charge in [0.25, 0.3) is 15.9 Å². The Bertz CT molecular complexity index is 981. The Kier molecular flexibility index (Phi) is 5.88. The first-order valence-corrected chi connectivity index (χ1v) is 10.6. The van der Waals surface area contributed by atoms with E-state index >= 15 is 0 Å². The average Bonchev–Trinajstić information content (AvgIpc) is 2.67. The lowest BCUT2D eigenvalue weighted by Gasteiger charge is -2.30. The molecule has 0 radical (unpaired) electrons. The van der Waals surface area contributed by atoms with Crippen molar-refractivity contribution in [3.63, 3.8) is 0 Å². The second kappa shape index (κ2) is 8.06. The summed E-state index contributed by atoms with van der Waals surface area (Å²) in [4.78, 5) is 14.1. The monoisotopic (exact) mass is 426 g/mol. The van der Waals surface area contributed by atoms with Gasteiger partial charge in [-0.05, 0) is 61.2 Å². The van der Waals surface area contributed by atoms with E-state index in [1.54, 1.807) is 4.90 Å². The molecule has 1 saturated heterocycles. The Hall–Kier alpha value is -2.55. The van der Waals surface area contributed by atoms with Crippen LogP contribution in [0.5, 0.6) is 0 Å². The molecule has 0 saturated carbocycles. The van der Waals surface area contributed by atoms with Gasteiger partial charge >= 0.3 is 6.18 Å². The summed E-state index contributed by atoms with van der Waals surface area (Å²) in [6.45, 7) is 3.47. The number of sulfonamides is 1. The standard InChI is InChI=1S/C20H21F3N2O3S/c1-14-9-11-25(12-10-14)19(26)15-5-7-18(8-6-15)29(27,28)24-17-4-2-3-16(13-17)20(21,22)23/h2-8,13-14,24H,9-12H2,1H3. The molecular formula is C20H21F3N2O3S. The summed E-state index contributed by atoms with van der Waals surface area (Å²) in [6, 6.07) is 9.34. The van der Waals surface area contributed by atoms with Gasteiger partial charge in [-0.1, -0.05) is 13.0 Å². The first-order valence-electron chi connectivity index (χ1n) is 9.16. The van der Waals surface area contributed by atoms with E-state index in [4.69, 9.17) is 0 Å². The molecule has 0 bridgehead atoms.